The van der Waals surface area contributed by atoms with Gasteiger partial charge >= 0.3 is 0 Å². The van der Waals surface area contributed by atoms with E-state index in [9.17, 15) is 0 Å². The minimum Gasteiger partial charge on any atom is -0.356 e. The van der Waals surface area contributed by atoms with Crippen molar-refractivity contribution in [2.45, 2.75) is 26.3 Å². The van der Waals surface area contributed by atoms with Crippen LogP contribution in [0.15, 0.2) is 24.3 Å². The number of anilines is 1. The Balaban J connectivity index is 2.09. The Bertz CT molecular complexity index is 569. The zero-order chi connectivity index (χ0) is 13.2. The van der Waals surface area contributed by atoms with Gasteiger partial charge in [0.2, 0.25) is 5.95 Å². The first-order chi connectivity index (χ1) is 9.29. The van der Waals surface area contributed by atoms with Crippen LogP contribution in [0.2, 0.25) is 0 Å². The van der Waals surface area contributed by atoms with Gasteiger partial charge in [-0.3, -0.25) is 0 Å². The molecule has 0 saturated carbocycles. The van der Waals surface area contributed by atoms with Gasteiger partial charge in [0.25, 0.3) is 0 Å². The highest BCUT2D eigenvalue weighted by atomic mass is 15.2. The third-order valence-corrected chi connectivity index (χ3v) is 3.62. The lowest BCUT2D eigenvalue weighted by Crippen LogP contribution is -2.19. The van der Waals surface area contributed by atoms with Gasteiger partial charge in [0.1, 0.15) is 0 Å². The van der Waals surface area contributed by atoms with Crippen LogP contribution in [-0.4, -0.2) is 22.6 Å². The van der Waals surface area contributed by atoms with Crippen molar-refractivity contribution in [2.75, 3.05) is 18.4 Å². The minimum atomic E-state index is 0.657. The van der Waals surface area contributed by atoms with Gasteiger partial charge in [-0.25, -0.2) is 4.98 Å². The number of imidazole rings is 1. The van der Waals surface area contributed by atoms with Crippen LogP contribution in [0.1, 0.15) is 17.7 Å². The second-order valence-electron chi connectivity index (χ2n) is 5.07. The lowest BCUT2D eigenvalue weighted by Gasteiger charge is -2.17. The highest BCUT2D eigenvalue weighted by Gasteiger charge is 2.19. The zero-order valence-electron chi connectivity index (χ0n) is 11.3. The van der Waals surface area contributed by atoms with Crippen LogP contribution in [0.25, 0.3) is 11.3 Å². The summed E-state index contributed by atoms with van der Waals surface area (Å²) < 4.78 is 2.28. The van der Waals surface area contributed by atoms with Crippen LogP contribution >= 0.6 is 0 Å². The Hall–Kier alpha value is -1.81. The molecule has 2 aromatic rings. The van der Waals surface area contributed by atoms with Crippen molar-refractivity contribution in [3.63, 3.8) is 0 Å². The topological polar surface area (TPSA) is 55.9 Å². The molecular weight excluding hydrogens is 236 g/mol. The first-order valence-electron chi connectivity index (χ1n) is 6.90. The van der Waals surface area contributed by atoms with E-state index in [1.165, 1.54) is 16.8 Å². The van der Waals surface area contributed by atoms with Gasteiger partial charge in [-0.05, 0) is 19.9 Å². The smallest absolute Gasteiger partial charge is 0.203 e. The molecule has 1 aliphatic rings. The molecule has 0 bridgehead atoms. The Morgan fingerprint density at radius 3 is 2.84 bits per heavy atom. The molecule has 0 saturated heterocycles. The summed E-state index contributed by atoms with van der Waals surface area (Å²) in [6.45, 7) is 4.80. The second kappa shape index (κ2) is 5.05. The van der Waals surface area contributed by atoms with E-state index in [4.69, 9.17) is 10.7 Å². The lowest BCUT2D eigenvalue weighted by atomic mass is 10.1. The SMILES string of the molecule is Cc1ccc(-c2nc3n(c2CCN)CCCN3)cc1. The van der Waals surface area contributed by atoms with E-state index in [1.54, 1.807) is 0 Å². The summed E-state index contributed by atoms with van der Waals surface area (Å²) >= 11 is 0. The average Bonchev–Trinajstić information content (AvgIpc) is 2.79. The summed E-state index contributed by atoms with van der Waals surface area (Å²) in [7, 11) is 0. The molecule has 3 rings (SSSR count). The van der Waals surface area contributed by atoms with E-state index < -0.39 is 0 Å². The summed E-state index contributed by atoms with van der Waals surface area (Å²) in [5.74, 6) is 0.991. The molecule has 100 valence electrons. The number of nitrogens with two attached hydrogens (primary N) is 1. The Labute approximate surface area is 113 Å². The van der Waals surface area contributed by atoms with Gasteiger partial charge in [0.05, 0.1) is 5.69 Å². The number of benzene rings is 1. The molecule has 0 amide bonds. The maximum Gasteiger partial charge on any atom is 0.203 e. The molecule has 0 unspecified atom stereocenters. The molecule has 2 heterocycles. The van der Waals surface area contributed by atoms with Gasteiger partial charge in [-0.2, -0.15) is 0 Å². The highest BCUT2D eigenvalue weighted by molar-refractivity contribution is 5.65. The van der Waals surface area contributed by atoms with Crippen molar-refractivity contribution in [3.05, 3.63) is 35.5 Å². The molecule has 3 N–H and O–H groups in total. The van der Waals surface area contributed by atoms with E-state index in [-0.39, 0.29) is 0 Å². The summed E-state index contributed by atoms with van der Waals surface area (Å²) in [4.78, 5) is 4.77. The third-order valence-electron chi connectivity index (χ3n) is 3.62. The van der Waals surface area contributed by atoms with Gasteiger partial charge < -0.3 is 15.6 Å². The molecule has 1 aromatic heterocycles. The summed E-state index contributed by atoms with van der Waals surface area (Å²) in [6.07, 6.45) is 2.02. The molecule has 0 spiro atoms. The molecular formula is C15H20N4. The number of hydrogen-bond donors (Lipinski definition) is 2. The number of nitrogens with zero attached hydrogens (tertiary/aromatic N) is 2. The number of hydrogen-bond acceptors (Lipinski definition) is 3. The van der Waals surface area contributed by atoms with E-state index in [0.29, 0.717) is 6.54 Å². The van der Waals surface area contributed by atoms with Gasteiger partial charge in [0, 0.05) is 30.8 Å². The molecule has 4 heteroatoms. The number of rotatable bonds is 3. The zero-order valence-corrected chi connectivity index (χ0v) is 11.3. The lowest BCUT2D eigenvalue weighted by molar-refractivity contribution is 0.603. The largest absolute Gasteiger partial charge is 0.356 e. The van der Waals surface area contributed by atoms with Gasteiger partial charge in [0.15, 0.2) is 0 Å². The predicted molar refractivity (Wildman–Crippen MR) is 78.3 cm³/mol. The quantitative estimate of drug-likeness (QED) is 0.885. The molecule has 0 radical (unpaired) electrons. The fraction of sp³-hybridized carbons (Fsp3) is 0.400. The highest BCUT2D eigenvalue weighted by Crippen LogP contribution is 2.28. The van der Waals surface area contributed by atoms with Crippen molar-refractivity contribution >= 4 is 5.95 Å². The molecule has 0 atom stereocenters. The van der Waals surface area contributed by atoms with Crippen molar-refractivity contribution in [1.29, 1.82) is 0 Å². The van der Waals surface area contributed by atoms with E-state index in [0.717, 1.165) is 37.6 Å². The van der Waals surface area contributed by atoms with Gasteiger partial charge in [-0.15, -0.1) is 0 Å². The number of fused-ring (bicyclic) bond motifs is 1. The van der Waals surface area contributed by atoms with Crippen LogP contribution < -0.4 is 11.1 Å². The van der Waals surface area contributed by atoms with Gasteiger partial charge in [-0.1, -0.05) is 29.8 Å². The Kier molecular flexibility index (Phi) is 3.25. The standard InChI is InChI=1S/C15H20N4/c1-11-3-5-12(6-4-11)14-13(7-8-16)19-10-2-9-17-15(19)18-14/h3-6H,2,7-10,16H2,1H3,(H,17,18). The van der Waals surface area contributed by atoms with Crippen LogP contribution in [0.4, 0.5) is 5.95 Å². The normalized spacial score (nSPS) is 14.0. The van der Waals surface area contributed by atoms with E-state index in [2.05, 4.69) is 41.1 Å². The van der Waals surface area contributed by atoms with Crippen LogP contribution in [-0.2, 0) is 13.0 Å². The molecule has 0 aliphatic carbocycles. The molecule has 0 fully saturated rings. The summed E-state index contributed by atoms with van der Waals surface area (Å²) in [5.41, 5.74) is 10.5. The molecule has 4 nitrogen and oxygen atoms in total. The first-order valence-corrected chi connectivity index (χ1v) is 6.90. The molecule has 1 aromatic carbocycles. The fourth-order valence-corrected chi connectivity index (χ4v) is 2.63. The van der Waals surface area contributed by atoms with E-state index >= 15 is 0 Å². The maximum absolute atomic E-state index is 5.76. The Morgan fingerprint density at radius 1 is 1.32 bits per heavy atom. The summed E-state index contributed by atoms with van der Waals surface area (Å²) in [6, 6.07) is 8.55. The van der Waals surface area contributed by atoms with Crippen LogP contribution in [0.3, 0.4) is 0 Å². The van der Waals surface area contributed by atoms with Crippen molar-refractivity contribution < 1.29 is 0 Å². The van der Waals surface area contributed by atoms with Crippen LogP contribution in [0, 0.1) is 6.92 Å². The Morgan fingerprint density at radius 2 is 2.11 bits per heavy atom. The van der Waals surface area contributed by atoms with Crippen molar-refractivity contribution in [3.8, 4) is 11.3 Å². The average molecular weight is 256 g/mol. The van der Waals surface area contributed by atoms with E-state index in [1.807, 2.05) is 0 Å². The number of aromatic nitrogens is 2. The van der Waals surface area contributed by atoms with Crippen LogP contribution in [0.5, 0.6) is 0 Å². The predicted octanol–water partition coefficient (Wildman–Crippen LogP) is 2.18. The monoisotopic (exact) mass is 256 g/mol. The first kappa shape index (κ1) is 12.2. The minimum absolute atomic E-state index is 0.657. The number of nitrogens with one attached hydrogen (secondary N) is 1. The number of aryl methyl sites for hydroxylation is 1. The van der Waals surface area contributed by atoms with Crippen molar-refractivity contribution in [2.24, 2.45) is 5.73 Å². The third kappa shape index (κ3) is 2.24. The molecule has 19 heavy (non-hydrogen) atoms. The fourth-order valence-electron chi connectivity index (χ4n) is 2.63. The van der Waals surface area contributed by atoms with Crippen molar-refractivity contribution in [1.82, 2.24) is 9.55 Å². The molecule has 1 aliphatic heterocycles. The summed E-state index contributed by atoms with van der Waals surface area (Å²) in [5, 5.41) is 3.37. The second-order valence-corrected chi connectivity index (χ2v) is 5.07. The maximum atomic E-state index is 5.76.